The van der Waals surface area contributed by atoms with Gasteiger partial charge >= 0.3 is 0 Å². The van der Waals surface area contributed by atoms with Gasteiger partial charge < -0.3 is 9.47 Å². The van der Waals surface area contributed by atoms with Gasteiger partial charge in [-0.25, -0.2) is 4.98 Å². The van der Waals surface area contributed by atoms with Gasteiger partial charge in [0, 0.05) is 46.0 Å². The van der Waals surface area contributed by atoms with Gasteiger partial charge in [-0.1, -0.05) is 31.2 Å². The molecule has 1 atom stereocenters. The maximum Gasteiger partial charge on any atom is 0.240 e. The standard InChI is InChI=1S/C20H28N4O/c1-4-24-15-17-9-6-5-8-16(17)14-18(24)20(25)23(3)12-7-10-19-21-11-13-22(19)2/h5-6,8-9,11,13,18H,4,7,10,12,14-15H2,1-3H3. The van der Waals surface area contributed by atoms with Gasteiger partial charge in [0.2, 0.25) is 5.91 Å². The van der Waals surface area contributed by atoms with Crippen LogP contribution < -0.4 is 0 Å². The van der Waals surface area contributed by atoms with Gasteiger partial charge in [0.1, 0.15) is 5.82 Å². The Morgan fingerprint density at radius 1 is 1.32 bits per heavy atom. The molecule has 0 bridgehead atoms. The Morgan fingerprint density at radius 2 is 2.08 bits per heavy atom. The molecule has 0 saturated heterocycles. The fraction of sp³-hybridized carbons (Fsp3) is 0.500. The average Bonchev–Trinajstić information content (AvgIpc) is 3.04. The first-order chi connectivity index (χ1) is 12.1. The number of hydrogen-bond acceptors (Lipinski definition) is 3. The summed E-state index contributed by atoms with van der Waals surface area (Å²) in [5.74, 6) is 1.30. The predicted octanol–water partition coefficient (Wildman–Crippen LogP) is 2.26. The highest BCUT2D eigenvalue weighted by molar-refractivity contribution is 5.82. The number of amides is 1. The molecule has 3 rings (SSSR count). The molecular weight excluding hydrogens is 312 g/mol. The molecular formula is C20H28N4O. The number of nitrogens with zero attached hydrogens (tertiary/aromatic N) is 4. The summed E-state index contributed by atoms with van der Waals surface area (Å²) in [6, 6.07) is 8.44. The van der Waals surface area contributed by atoms with Crippen molar-refractivity contribution in [1.29, 1.82) is 0 Å². The van der Waals surface area contributed by atoms with Crippen molar-refractivity contribution in [3.05, 3.63) is 53.6 Å². The molecule has 0 radical (unpaired) electrons. The van der Waals surface area contributed by atoms with Gasteiger partial charge in [0.05, 0.1) is 6.04 Å². The highest BCUT2D eigenvalue weighted by Gasteiger charge is 2.32. The number of rotatable bonds is 6. The van der Waals surface area contributed by atoms with Gasteiger partial charge in [0.15, 0.2) is 0 Å². The largest absolute Gasteiger partial charge is 0.344 e. The van der Waals surface area contributed by atoms with E-state index in [9.17, 15) is 4.79 Å². The van der Waals surface area contributed by atoms with E-state index in [-0.39, 0.29) is 11.9 Å². The van der Waals surface area contributed by atoms with Crippen LogP contribution in [0.25, 0.3) is 0 Å². The van der Waals surface area contributed by atoms with Crippen LogP contribution in [0.5, 0.6) is 0 Å². The zero-order valence-corrected chi connectivity index (χ0v) is 15.5. The first-order valence-electron chi connectivity index (χ1n) is 9.12. The van der Waals surface area contributed by atoms with Crippen LogP contribution in [-0.2, 0) is 31.2 Å². The molecule has 1 aromatic heterocycles. The number of carbonyl (C=O) groups excluding carboxylic acids is 1. The van der Waals surface area contributed by atoms with E-state index in [1.54, 1.807) is 0 Å². The van der Waals surface area contributed by atoms with Gasteiger partial charge in [-0.2, -0.15) is 0 Å². The van der Waals surface area contributed by atoms with Gasteiger partial charge in [-0.3, -0.25) is 9.69 Å². The number of aromatic nitrogens is 2. The Balaban J connectivity index is 1.60. The summed E-state index contributed by atoms with van der Waals surface area (Å²) in [5.41, 5.74) is 2.66. The lowest BCUT2D eigenvalue weighted by Crippen LogP contribution is -2.50. The molecule has 1 aliphatic heterocycles. The third-order valence-corrected chi connectivity index (χ3v) is 5.23. The predicted molar refractivity (Wildman–Crippen MR) is 99.2 cm³/mol. The molecule has 0 N–H and O–H groups in total. The van der Waals surface area contributed by atoms with Gasteiger partial charge in [0.25, 0.3) is 0 Å². The van der Waals surface area contributed by atoms with Crippen molar-refractivity contribution < 1.29 is 4.79 Å². The number of benzene rings is 1. The lowest BCUT2D eigenvalue weighted by molar-refractivity contribution is -0.136. The van der Waals surface area contributed by atoms with Crippen LogP contribution in [0, 0.1) is 0 Å². The Kier molecular flexibility index (Phi) is 5.53. The molecule has 1 amide bonds. The summed E-state index contributed by atoms with van der Waals surface area (Å²) >= 11 is 0. The smallest absolute Gasteiger partial charge is 0.240 e. The minimum absolute atomic E-state index is 0.0435. The summed E-state index contributed by atoms with van der Waals surface area (Å²) in [6.45, 7) is 4.66. The van der Waals surface area contributed by atoms with Crippen LogP contribution in [0.4, 0.5) is 0 Å². The number of imidazole rings is 1. The van der Waals surface area contributed by atoms with Crippen molar-refractivity contribution in [3.63, 3.8) is 0 Å². The molecule has 2 heterocycles. The topological polar surface area (TPSA) is 41.4 Å². The summed E-state index contributed by atoms with van der Waals surface area (Å²) in [7, 11) is 3.94. The number of likely N-dealkylation sites (N-methyl/N-ethyl adjacent to an activating group) is 2. The Labute approximate surface area is 150 Å². The molecule has 0 saturated carbocycles. The third kappa shape index (κ3) is 3.93. The van der Waals surface area contributed by atoms with Gasteiger partial charge in [-0.05, 0) is 30.5 Å². The molecule has 0 spiro atoms. The lowest BCUT2D eigenvalue weighted by atomic mass is 9.93. The van der Waals surface area contributed by atoms with Crippen molar-refractivity contribution >= 4 is 5.91 Å². The molecule has 25 heavy (non-hydrogen) atoms. The fourth-order valence-corrected chi connectivity index (χ4v) is 3.63. The van der Waals surface area contributed by atoms with E-state index in [0.29, 0.717) is 0 Å². The van der Waals surface area contributed by atoms with Crippen molar-refractivity contribution in [1.82, 2.24) is 19.4 Å². The van der Waals surface area contributed by atoms with E-state index in [4.69, 9.17) is 0 Å². The van der Waals surface area contributed by atoms with Crippen molar-refractivity contribution in [2.75, 3.05) is 20.1 Å². The molecule has 5 nitrogen and oxygen atoms in total. The maximum atomic E-state index is 13.0. The van der Waals surface area contributed by atoms with E-state index in [2.05, 4.69) is 41.1 Å². The average molecular weight is 340 g/mol. The molecule has 0 aliphatic carbocycles. The van der Waals surface area contributed by atoms with Crippen LogP contribution in [-0.4, -0.2) is 51.4 Å². The lowest BCUT2D eigenvalue weighted by Gasteiger charge is -2.37. The molecule has 134 valence electrons. The van der Waals surface area contributed by atoms with Crippen LogP contribution in [0.3, 0.4) is 0 Å². The van der Waals surface area contributed by atoms with E-state index in [1.807, 2.05) is 36.0 Å². The second-order valence-electron chi connectivity index (χ2n) is 6.87. The molecule has 1 aromatic carbocycles. The first kappa shape index (κ1) is 17.7. The van der Waals surface area contributed by atoms with Crippen molar-refractivity contribution in [3.8, 4) is 0 Å². The zero-order chi connectivity index (χ0) is 17.8. The molecule has 2 aromatic rings. The van der Waals surface area contributed by atoms with Crippen LogP contribution in [0.15, 0.2) is 36.7 Å². The maximum absolute atomic E-state index is 13.0. The minimum atomic E-state index is -0.0435. The monoisotopic (exact) mass is 340 g/mol. The van der Waals surface area contributed by atoms with Crippen LogP contribution in [0.1, 0.15) is 30.3 Å². The van der Waals surface area contributed by atoms with E-state index in [0.717, 1.165) is 44.7 Å². The fourth-order valence-electron chi connectivity index (χ4n) is 3.63. The molecule has 5 heteroatoms. The summed E-state index contributed by atoms with van der Waals surface area (Å²) < 4.78 is 2.04. The Hall–Kier alpha value is -2.14. The number of aryl methyl sites for hydroxylation is 2. The SMILES string of the molecule is CCN1Cc2ccccc2CC1C(=O)N(C)CCCc1nccn1C. The third-order valence-electron chi connectivity index (χ3n) is 5.23. The molecule has 0 fully saturated rings. The number of carbonyl (C=O) groups is 1. The highest BCUT2D eigenvalue weighted by Crippen LogP contribution is 2.24. The summed E-state index contributed by atoms with van der Waals surface area (Å²) in [6.07, 6.45) is 6.42. The van der Waals surface area contributed by atoms with E-state index < -0.39 is 0 Å². The minimum Gasteiger partial charge on any atom is -0.344 e. The molecule has 1 unspecified atom stereocenters. The normalized spacial score (nSPS) is 17.3. The number of hydrogen-bond donors (Lipinski definition) is 0. The number of fused-ring (bicyclic) bond motifs is 1. The van der Waals surface area contributed by atoms with Crippen LogP contribution >= 0.6 is 0 Å². The highest BCUT2D eigenvalue weighted by atomic mass is 16.2. The summed E-state index contributed by atoms with van der Waals surface area (Å²) in [4.78, 5) is 21.5. The van der Waals surface area contributed by atoms with Crippen molar-refractivity contribution in [2.24, 2.45) is 7.05 Å². The molecule has 1 aliphatic rings. The van der Waals surface area contributed by atoms with Gasteiger partial charge in [-0.15, -0.1) is 0 Å². The Morgan fingerprint density at radius 3 is 2.76 bits per heavy atom. The summed E-state index contributed by atoms with van der Waals surface area (Å²) in [5, 5.41) is 0. The first-order valence-corrected chi connectivity index (χ1v) is 9.12. The second kappa shape index (κ2) is 7.83. The quantitative estimate of drug-likeness (QED) is 0.810. The Bertz CT molecular complexity index is 724. The van der Waals surface area contributed by atoms with Crippen molar-refractivity contribution in [2.45, 2.75) is 38.8 Å². The van der Waals surface area contributed by atoms with E-state index >= 15 is 0 Å². The van der Waals surface area contributed by atoms with Crippen LogP contribution in [0.2, 0.25) is 0 Å². The van der Waals surface area contributed by atoms with E-state index in [1.165, 1.54) is 11.1 Å². The second-order valence-corrected chi connectivity index (χ2v) is 6.87. The zero-order valence-electron chi connectivity index (χ0n) is 15.5.